The van der Waals surface area contributed by atoms with Gasteiger partial charge in [-0.15, -0.1) is 5.10 Å². The van der Waals surface area contributed by atoms with E-state index in [4.69, 9.17) is 0 Å². The highest BCUT2D eigenvalue weighted by molar-refractivity contribution is 5.29. The van der Waals surface area contributed by atoms with Gasteiger partial charge in [0.25, 0.3) is 0 Å². The Kier molecular flexibility index (Phi) is 6.56. The molecule has 1 fully saturated rings. The van der Waals surface area contributed by atoms with Crippen LogP contribution in [0.4, 0.5) is 0 Å². The predicted molar refractivity (Wildman–Crippen MR) is 130 cm³/mol. The molecular formula is C27H30N6. The highest BCUT2D eigenvalue weighted by Crippen LogP contribution is 2.29. The van der Waals surface area contributed by atoms with Crippen LogP contribution in [0.25, 0.3) is 0 Å². The van der Waals surface area contributed by atoms with Crippen LogP contribution < -0.4 is 0 Å². The lowest BCUT2D eigenvalue weighted by Gasteiger charge is -2.39. The molecule has 0 saturated carbocycles. The zero-order chi connectivity index (χ0) is 22.5. The molecule has 3 aromatic carbocycles. The van der Waals surface area contributed by atoms with Gasteiger partial charge in [-0.1, -0.05) is 90.5 Å². The number of aromatic nitrogens is 4. The van der Waals surface area contributed by atoms with E-state index >= 15 is 0 Å². The summed E-state index contributed by atoms with van der Waals surface area (Å²) >= 11 is 0. The first-order valence-corrected chi connectivity index (χ1v) is 11.6. The first-order chi connectivity index (χ1) is 16.3. The van der Waals surface area contributed by atoms with Crippen molar-refractivity contribution in [3.8, 4) is 0 Å². The molecule has 168 valence electrons. The number of hydrogen-bond donors (Lipinski definition) is 0. The van der Waals surface area contributed by atoms with Crippen LogP contribution in [0.5, 0.6) is 0 Å². The van der Waals surface area contributed by atoms with Crippen LogP contribution in [-0.4, -0.2) is 56.2 Å². The topological polar surface area (TPSA) is 50.1 Å². The zero-order valence-electron chi connectivity index (χ0n) is 19.1. The molecule has 0 radical (unpaired) electrons. The number of rotatable bonds is 7. The van der Waals surface area contributed by atoms with Crippen LogP contribution in [0.2, 0.25) is 0 Å². The zero-order valence-corrected chi connectivity index (χ0v) is 19.1. The molecule has 0 N–H and O–H groups in total. The molecule has 0 amide bonds. The lowest BCUT2D eigenvalue weighted by molar-refractivity contribution is 0.100. The second kappa shape index (κ2) is 10.1. The molecule has 33 heavy (non-hydrogen) atoms. The Morgan fingerprint density at radius 3 is 1.97 bits per heavy atom. The Balaban J connectivity index is 1.38. The van der Waals surface area contributed by atoms with Crippen molar-refractivity contribution < 1.29 is 0 Å². The van der Waals surface area contributed by atoms with Crippen LogP contribution in [0.3, 0.4) is 0 Å². The normalized spacial score (nSPS) is 16.0. The van der Waals surface area contributed by atoms with Crippen molar-refractivity contribution in [3.05, 3.63) is 113 Å². The molecule has 1 aliphatic rings. The van der Waals surface area contributed by atoms with Crippen molar-refractivity contribution in [2.24, 2.45) is 0 Å². The van der Waals surface area contributed by atoms with Crippen LogP contribution in [0.1, 0.15) is 34.1 Å². The van der Waals surface area contributed by atoms with Gasteiger partial charge in [-0.25, -0.2) is 4.68 Å². The number of aryl methyl sites for hydroxylation is 1. The summed E-state index contributed by atoms with van der Waals surface area (Å²) < 4.78 is 1.95. The van der Waals surface area contributed by atoms with E-state index in [2.05, 4.69) is 111 Å². The van der Waals surface area contributed by atoms with E-state index in [1.165, 1.54) is 22.3 Å². The highest BCUT2D eigenvalue weighted by Gasteiger charge is 2.30. The summed E-state index contributed by atoms with van der Waals surface area (Å²) in [6.07, 6.45) is 0. The Bertz CT molecular complexity index is 1130. The van der Waals surface area contributed by atoms with Gasteiger partial charge in [0.05, 0.1) is 12.6 Å². The SMILES string of the molecule is Cc1ccc([C@H](c2nnnn2Cc2ccccc2)N2CCN(Cc3ccccc3)CC2)cc1. The van der Waals surface area contributed by atoms with Gasteiger partial charge in [-0.3, -0.25) is 9.80 Å². The van der Waals surface area contributed by atoms with Crippen LogP contribution >= 0.6 is 0 Å². The lowest BCUT2D eigenvalue weighted by Crippen LogP contribution is -2.48. The predicted octanol–water partition coefficient (Wildman–Crippen LogP) is 3.94. The minimum atomic E-state index is 0.0307. The minimum absolute atomic E-state index is 0.0307. The van der Waals surface area contributed by atoms with Crippen molar-refractivity contribution in [1.29, 1.82) is 0 Å². The van der Waals surface area contributed by atoms with E-state index in [0.29, 0.717) is 6.54 Å². The quantitative estimate of drug-likeness (QED) is 0.438. The van der Waals surface area contributed by atoms with Gasteiger partial charge in [-0.05, 0) is 34.0 Å². The largest absolute Gasteiger partial charge is 0.297 e. The smallest absolute Gasteiger partial charge is 0.173 e. The molecule has 0 spiro atoms. The number of piperazine rings is 1. The molecule has 0 bridgehead atoms. The standard InChI is InChI=1S/C27H30N6/c1-22-12-14-25(15-13-22)26(27-28-29-30-33(27)21-24-10-6-3-7-11-24)32-18-16-31(17-19-32)20-23-8-4-2-5-9-23/h2-15,26H,16-21H2,1H3/t26-/m1/s1. The van der Waals surface area contributed by atoms with Gasteiger partial charge in [0.2, 0.25) is 0 Å². The number of hydrogen-bond acceptors (Lipinski definition) is 5. The maximum atomic E-state index is 4.52. The summed E-state index contributed by atoms with van der Waals surface area (Å²) in [6, 6.07) is 29.9. The average molecular weight is 439 g/mol. The fraction of sp³-hybridized carbons (Fsp3) is 0.296. The minimum Gasteiger partial charge on any atom is -0.297 e. The van der Waals surface area contributed by atoms with Crippen molar-refractivity contribution in [3.63, 3.8) is 0 Å². The molecule has 0 unspecified atom stereocenters. The summed E-state index contributed by atoms with van der Waals surface area (Å²) in [4.78, 5) is 5.06. The average Bonchev–Trinajstić information content (AvgIpc) is 3.30. The molecule has 1 saturated heterocycles. The fourth-order valence-corrected chi connectivity index (χ4v) is 4.57. The molecular weight excluding hydrogens is 408 g/mol. The van der Waals surface area contributed by atoms with E-state index in [9.17, 15) is 0 Å². The van der Waals surface area contributed by atoms with E-state index in [1.54, 1.807) is 0 Å². The van der Waals surface area contributed by atoms with Crippen LogP contribution in [0, 0.1) is 6.92 Å². The third-order valence-electron chi connectivity index (χ3n) is 6.39. The van der Waals surface area contributed by atoms with E-state index in [-0.39, 0.29) is 6.04 Å². The number of nitrogens with zero attached hydrogens (tertiary/aromatic N) is 6. The summed E-state index contributed by atoms with van der Waals surface area (Å²) in [5.41, 5.74) is 5.06. The van der Waals surface area contributed by atoms with Gasteiger partial charge in [0, 0.05) is 32.7 Å². The monoisotopic (exact) mass is 438 g/mol. The third kappa shape index (κ3) is 5.18. The summed E-state index contributed by atoms with van der Waals surface area (Å²) in [7, 11) is 0. The van der Waals surface area contributed by atoms with Gasteiger partial charge < -0.3 is 0 Å². The molecule has 1 atom stereocenters. The Morgan fingerprint density at radius 2 is 1.33 bits per heavy atom. The summed E-state index contributed by atoms with van der Waals surface area (Å²) in [5, 5.41) is 13.0. The first kappa shape index (κ1) is 21.5. The second-order valence-corrected chi connectivity index (χ2v) is 8.79. The van der Waals surface area contributed by atoms with Crippen molar-refractivity contribution in [2.75, 3.05) is 26.2 Å². The van der Waals surface area contributed by atoms with Gasteiger partial charge >= 0.3 is 0 Å². The summed E-state index contributed by atoms with van der Waals surface area (Å²) in [5.74, 6) is 0.902. The first-order valence-electron chi connectivity index (χ1n) is 11.6. The fourth-order valence-electron chi connectivity index (χ4n) is 4.57. The maximum Gasteiger partial charge on any atom is 0.173 e. The van der Waals surface area contributed by atoms with Gasteiger partial charge in [0.1, 0.15) is 0 Å². The molecule has 6 heteroatoms. The molecule has 1 aliphatic heterocycles. The van der Waals surface area contributed by atoms with Gasteiger partial charge in [0.15, 0.2) is 5.82 Å². The summed E-state index contributed by atoms with van der Waals surface area (Å²) in [6.45, 7) is 7.79. The third-order valence-corrected chi connectivity index (χ3v) is 6.39. The van der Waals surface area contributed by atoms with E-state index in [1.807, 2.05) is 10.7 Å². The number of benzene rings is 3. The molecule has 2 heterocycles. The van der Waals surface area contributed by atoms with Gasteiger partial charge in [-0.2, -0.15) is 0 Å². The van der Waals surface area contributed by atoms with Crippen molar-refractivity contribution >= 4 is 0 Å². The Labute approximate surface area is 195 Å². The van der Waals surface area contributed by atoms with E-state index < -0.39 is 0 Å². The Hall–Kier alpha value is -3.35. The molecule has 5 rings (SSSR count). The van der Waals surface area contributed by atoms with E-state index in [0.717, 1.165) is 38.5 Å². The molecule has 4 aromatic rings. The van der Waals surface area contributed by atoms with Crippen LogP contribution in [-0.2, 0) is 13.1 Å². The molecule has 1 aromatic heterocycles. The Morgan fingerprint density at radius 1 is 0.727 bits per heavy atom. The second-order valence-electron chi connectivity index (χ2n) is 8.79. The maximum absolute atomic E-state index is 4.52. The molecule has 0 aliphatic carbocycles. The number of tetrazole rings is 1. The van der Waals surface area contributed by atoms with Crippen molar-refractivity contribution in [1.82, 2.24) is 30.0 Å². The highest BCUT2D eigenvalue weighted by atomic mass is 15.6. The van der Waals surface area contributed by atoms with Crippen molar-refractivity contribution in [2.45, 2.75) is 26.1 Å². The lowest BCUT2D eigenvalue weighted by atomic mass is 10.0. The molecule has 6 nitrogen and oxygen atoms in total. The van der Waals surface area contributed by atoms with Crippen LogP contribution in [0.15, 0.2) is 84.9 Å².